The van der Waals surface area contributed by atoms with Crippen LogP contribution in [0.15, 0.2) is 78.0 Å². The maximum Gasteiger partial charge on any atom is 0.308 e. The lowest BCUT2D eigenvalue weighted by atomic mass is 9.86. The quantitative estimate of drug-likeness (QED) is 0.284. The molecule has 1 aliphatic heterocycles. The Labute approximate surface area is 209 Å². The van der Waals surface area contributed by atoms with Crippen molar-refractivity contribution in [3.63, 3.8) is 0 Å². The fourth-order valence-corrected chi connectivity index (χ4v) is 4.74. The summed E-state index contributed by atoms with van der Waals surface area (Å²) in [6.07, 6.45) is 1.94. The summed E-state index contributed by atoms with van der Waals surface area (Å²) in [6.45, 7) is 1.33. The fourth-order valence-electron chi connectivity index (χ4n) is 4.74. The van der Waals surface area contributed by atoms with Gasteiger partial charge in [0.1, 0.15) is 0 Å². The lowest BCUT2D eigenvalue weighted by Crippen LogP contribution is -2.23. The number of rotatable bonds is 5. The first-order valence-corrected chi connectivity index (χ1v) is 11.8. The Balaban J connectivity index is 1.57. The topological polar surface area (TPSA) is 93.7 Å². The summed E-state index contributed by atoms with van der Waals surface area (Å²) >= 11 is 0. The Hall–Kier alpha value is -4.39. The van der Waals surface area contributed by atoms with Crippen molar-refractivity contribution < 1.29 is 23.9 Å². The smallest absolute Gasteiger partial charge is 0.308 e. The zero-order chi connectivity index (χ0) is 25.2. The molecule has 3 aromatic rings. The van der Waals surface area contributed by atoms with Gasteiger partial charge in [0, 0.05) is 35.7 Å². The number of fused-ring (bicyclic) bond motifs is 1. The number of anilines is 2. The molecule has 5 rings (SSSR count). The summed E-state index contributed by atoms with van der Waals surface area (Å²) < 4.78 is 10.7. The maximum absolute atomic E-state index is 13.2. The minimum absolute atomic E-state index is 0.0673. The predicted molar refractivity (Wildman–Crippen MR) is 136 cm³/mol. The van der Waals surface area contributed by atoms with Crippen LogP contribution in [0.2, 0.25) is 0 Å². The first kappa shape index (κ1) is 23.4. The molecule has 0 amide bonds. The SMILES string of the molecule is COc1cc([C@@H]2Nc3ccc(C(=O)c4ccccc4)cc3NC3=C2C(=O)CCC3)ccc1OC(C)=O. The molecule has 7 heteroatoms. The van der Waals surface area contributed by atoms with Crippen molar-refractivity contribution in [3.8, 4) is 11.5 Å². The molecule has 2 N–H and O–H groups in total. The van der Waals surface area contributed by atoms with E-state index in [0.717, 1.165) is 35.5 Å². The van der Waals surface area contributed by atoms with Crippen LogP contribution in [0, 0.1) is 0 Å². The van der Waals surface area contributed by atoms with E-state index in [9.17, 15) is 14.4 Å². The Morgan fingerprint density at radius 2 is 1.69 bits per heavy atom. The van der Waals surface area contributed by atoms with Gasteiger partial charge in [-0.3, -0.25) is 14.4 Å². The number of Topliss-reactive ketones (excluding diaryl/α,β-unsaturated/α-hetero) is 1. The molecule has 1 atom stereocenters. The highest BCUT2D eigenvalue weighted by Crippen LogP contribution is 2.42. The van der Waals surface area contributed by atoms with E-state index in [1.807, 2.05) is 36.4 Å². The lowest BCUT2D eigenvalue weighted by Gasteiger charge is -2.26. The number of carbonyl (C=O) groups excluding carboxylic acids is 3. The Morgan fingerprint density at radius 3 is 2.44 bits per heavy atom. The molecule has 2 aliphatic rings. The van der Waals surface area contributed by atoms with Gasteiger partial charge in [-0.25, -0.2) is 0 Å². The van der Waals surface area contributed by atoms with Gasteiger partial charge < -0.3 is 20.1 Å². The molecule has 0 saturated carbocycles. The summed E-state index contributed by atoms with van der Waals surface area (Å²) in [5.41, 5.74) is 4.99. The molecule has 0 aromatic heterocycles. The molecule has 3 aromatic carbocycles. The van der Waals surface area contributed by atoms with Gasteiger partial charge >= 0.3 is 5.97 Å². The normalized spacial score (nSPS) is 16.6. The third-order valence-corrected chi connectivity index (χ3v) is 6.42. The predicted octanol–water partition coefficient (Wildman–Crippen LogP) is 5.44. The van der Waals surface area contributed by atoms with Crippen LogP contribution in [0.3, 0.4) is 0 Å². The van der Waals surface area contributed by atoms with Gasteiger partial charge in [0.25, 0.3) is 0 Å². The average Bonchev–Trinajstić information content (AvgIpc) is 3.05. The number of hydrogen-bond acceptors (Lipinski definition) is 7. The molecular weight excluding hydrogens is 456 g/mol. The molecule has 182 valence electrons. The number of hydrogen-bond donors (Lipinski definition) is 2. The van der Waals surface area contributed by atoms with Crippen molar-refractivity contribution in [3.05, 3.63) is 94.7 Å². The molecule has 0 unspecified atom stereocenters. The molecule has 1 heterocycles. The van der Waals surface area contributed by atoms with Gasteiger partial charge in [-0.05, 0) is 48.7 Å². The van der Waals surface area contributed by atoms with Crippen LogP contribution in [0.5, 0.6) is 11.5 Å². The minimum Gasteiger partial charge on any atom is -0.493 e. The van der Waals surface area contributed by atoms with Gasteiger partial charge in [-0.15, -0.1) is 0 Å². The molecule has 0 fully saturated rings. The first-order chi connectivity index (χ1) is 17.4. The number of esters is 1. The van der Waals surface area contributed by atoms with Crippen LogP contribution in [0.1, 0.15) is 53.7 Å². The Morgan fingerprint density at radius 1 is 0.889 bits per heavy atom. The van der Waals surface area contributed by atoms with Crippen LogP contribution in [-0.4, -0.2) is 24.6 Å². The molecule has 7 nitrogen and oxygen atoms in total. The van der Waals surface area contributed by atoms with Gasteiger partial charge in [-0.2, -0.15) is 0 Å². The summed E-state index contributed by atoms with van der Waals surface area (Å²) in [5.74, 6) is 0.267. The molecule has 0 saturated heterocycles. The lowest BCUT2D eigenvalue weighted by molar-refractivity contribution is -0.132. The molecule has 36 heavy (non-hydrogen) atoms. The van der Waals surface area contributed by atoms with Gasteiger partial charge in [0.15, 0.2) is 23.1 Å². The van der Waals surface area contributed by atoms with Crippen LogP contribution >= 0.6 is 0 Å². The van der Waals surface area contributed by atoms with E-state index in [4.69, 9.17) is 9.47 Å². The van der Waals surface area contributed by atoms with Crippen molar-refractivity contribution in [2.75, 3.05) is 17.7 Å². The average molecular weight is 483 g/mol. The van der Waals surface area contributed by atoms with E-state index in [-0.39, 0.29) is 11.6 Å². The van der Waals surface area contributed by atoms with Crippen LogP contribution < -0.4 is 20.1 Å². The summed E-state index contributed by atoms with van der Waals surface area (Å²) in [4.78, 5) is 37.7. The molecule has 0 spiro atoms. The van der Waals surface area contributed by atoms with Crippen molar-refractivity contribution in [1.82, 2.24) is 0 Å². The third kappa shape index (κ3) is 4.47. The second-order valence-electron chi connectivity index (χ2n) is 8.83. The molecular formula is C29H26N2O5. The maximum atomic E-state index is 13.2. The number of ether oxygens (including phenoxy) is 2. The molecule has 1 aliphatic carbocycles. The largest absolute Gasteiger partial charge is 0.493 e. The summed E-state index contributed by atoms with van der Waals surface area (Å²) in [5, 5.41) is 6.95. The highest BCUT2D eigenvalue weighted by Gasteiger charge is 2.33. The fraction of sp³-hybridized carbons (Fsp3) is 0.207. The third-order valence-electron chi connectivity index (χ3n) is 6.42. The zero-order valence-corrected chi connectivity index (χ0v) is 20.1. The van der Waals surface area contributed by atoms with E-state index < -0.39 is 12.0 Å². The Kier molecular flexibility index (Phi) is 6.29. The number of methoxy groups -OCH3 is 1. The second kappa shape index (κ2) is 9.70. The monoisotopic (exact) mass is 482 g/mol. The zero-order valence-electron chi connectivity index (χ0n) is 20.1. The van der Waals surface area contributed by atoms with E-state index in [1.165, 1.54) is 14.0 Å². The van der Waals surface area contributed by atoms with Crippen molar-refractivity contribution in [1.29, 1.82) is 0 Å². The number of benzene rings is 3. The highest BCUT2D eigenvalue weighted by atomic mass is 16.6. The van der Waals surface area contributed by atoms with E-state index in [0.29, 0.717) is 34.6 Å². The van der Waals surface area contributed by atoms with E-state index in [1.54, 1.807) is 30.3 Å². The molecule has 0 bridgehead atoms. The number of carbonyl (C=O) groups is 3. The van der Waals surface area contributed by atoms with Crippen molar-refractivity contribution in [2.24, 2.45) is 0 Å². The first-order valence-electron chi connectivity index (χ1n) is 11.8. The van der Waals surface area contributed by atoms with Crippen LogP contribution in [0.4, 0.5) is 11.4 Å². The number of nitrogens with one attached hydrogen (secondary N) is 2. The van der Waals surface area contributed by atoms with Gasteiger partial charge in [0.2, 0.25) is 0 Å². The van der Waals surface area contributed by atoms with Crippen LogP contribution in [0.25, 0.3) is 0 Å². The van der Waals surface area contributed by atoms with Gasteiger partial charge in [-0.1, -0.05) is 36.4 Å². The van der Waals surface area contributed by atoms with Crippen molar-refractivity contribution in [2.45, 2.75) is 32.2 Å². The van der Waals surface area contributed by atoms with Crippen LogP contribution in [-0.2, 0) is 9.59 Å². The van der Waals surface area contributed by atoms with Crippen molar-refractivity contribution >= 4 is 28.9 Å². The van der Waals surface area contributed by atoms with E-state index >= 15 is 0 Å². The number of ketones is 2. The van der Waals surface area contributed by atoms with Gasteiger partial charge in [0.05, 0.1) is 24.5 Å². The standard InChI is InChI=1S/C29H26N2O5/c1-17(32)36-25-14-12-19(16-26(25)35-2)28-27-22(9-6-10-24(27)33)30-23-15-20(11-13-21(23)31-28)29(34)18-7-4-3-5-8-18/h3-5,7-8,11-16,28,30-31H,6,9-10H2,1-2H3/t28-/m0/s1. The van der Waals surface area contributed by atoms with E-state index in [2.05, 4.69) is 10.6 Å². The summed E-state index contributed by atoms with van der Waals surface area (Å²) in [6, 6.07) is 19.4. The minimum atomic E-state index is -0.447. The highest BCUT2D eigenvalue weighted by molar-refractivity contribution is 6.10. The second-order valence-corrected chi connectivity index (χ2v) is 8.83. The molecule has 0 radical (unpaired) electrons. The number of allylic oxidation sites excluding steroid dienone is 1. The summed E-state index contributed by atoms with van der Waals surface area (Å²) in [7, 11) is 1.51. The Bertz CT molecular complexity index is 1390.